The van der Waals surface area contributed by atoms with Crippen molar-refractivity contribution in [3.05, 3.63) is 149 Å². The number of aliphatic hydroxyl groups excluding tert-OH is 5. The molecule has 1 aliphatic carbocycles. The van der Waals surface area contributed by atoms with Crippen LogP contribution in [0.5, 0.6) is 28.7 Å². The summed E-state index contributed by atoms with van der Waals surface area (Å²) in [6.45, 7) is 4.15. The van der Waals surface area contributed by atoms with Crippen LogP contribution in [-0.2, 0) is 81.3 Å². The average molecular weight is 1610 g/mol. The summed E-state index contributed by atoms with van der Waals surface area (Å²) >= 11 is 0. The van der Waals surface area contributed by atoms with Crippen LogP contribution in [0.1, 0.15) is 85.4 Å². The zero-order valence-corrected chi connectivity index (χ0v) is 64.4. The monoisotopic (exact) mass is 1610 g/mol. The normalized spacial score (nSPS) is 27.9. The number of hydrogen-bond acceptors (Lipinski definition) is 27. The Kier molecular flexibility index (Phi) is 29.3. The van der Waals surface area contributed by atoms with Gasteiger partial charge in [0.1, 0.15) is 60.7 Å². The summed E-state index contributed by atoms with van der Waals surface area (Å²) < 4.78 is 51.5. The molecule has 4 saturated heterocycles. The highest BCUT2D eigenvalue weighted by Gasteiger charge is 2.56. The van der Waals surface area contributed by atoms with Crippen molar-refractivity contribution < 1.29 is 112 Å². The first-order valence-electron chi connectivity index (χ1n) is 37.3. The second-order valence-corrected chi connectivity index (χ2v) is 31.0. The van der Waals surface area contributed by atoms with Gasteiger partial charge in [0.15, 0.2) is 35.6 Å². The van der Waals surface area contributed by atoms with Crippen molar-refractivity contribution in [2.24, 2.45) is 23.3 Å². The Hall–Kier alpha value is -9.34. The van der Waals surface area contributed by atoms with E-state index in [9.17, 15) is 69.0 Å². The number of ether oxygens (including phenoxy) is 9. The maximum atomic E-state index is 14.7. The van der Waals surface area contributed by atoms with E-state index in [0.29, 0.717) is 52.2 Å². The number of aromatic hydroxyl groups is 1. The topological polar surface area (TPSA) is 493 Å². The Morgan fingerprint density at radius 1 is 0.708 bits per heavy atom. The van der Waals surface area contributed by atoms with Crippen LogP contribution in [0.3, 0.4) is 0 Å². The first-order chi connectivity index (χ1) is 54.4. The molecule has 5 aromatic carbocycles. The van der Waals surface area contributed by atoms with E-state index in [1.807, 2.05) is 30.3 Å². The van der Waals surface area contributed by atoms with E-state index in [1.54, 1.807) is 92.0 Å². The van der Waals surface area contributed by atoms with Gasteiger partial charge in [0, 0.05) is 53.3 Å². The highest BCUT2D eigenvalue weighted by atomic mass is 33.1. The van der Waals surface area contributed by atoms with Crippen molar-refractivity contribution in [2.45, 2.75) is 169 Å². The summed E-state index contributed by atoms with van der Waals surface area (Å²) in [5, 5.41) is 83.0. The molecule has 33 nitrogen and oxygen atoms in total. The molecule has 6 heterocycles. The molecule has 0 bridgehead atoms. The molecule has 4 fully saturated rings. The van der Waals surface area contributed by atoms with Crippen LogP contribution in [0, 0.1) is 11.8 Å². The number of para-hydroxylation sites is 1. The molecule has 0 radical (unpaired) electrons. The van der Waals surface area contributed by atoms with Crippen molar-refractivity contribution >= 4 is 79.8 Å². The molecule has 5 aliphatic heterocycles. The lowest BCUT2D eigenvalue weighted by molar-refractivity contribution is -0.364. The van der Waals surface area contributed by atoms with Gasteiger partial charge in [0.05, 0.1) is 70.4 Å². The van der Waals surface area contributed by atoms with E-state index in [4.69, 9.17) is 54.1 Å². The van der Waals surface area contributed by atoms with Crippen molar-refractivity contribution in [2.75, 3.05) is 58.9 Å². The van der Waals surface area contributed by atoms with Gasteiger partial charge in [-0.25, -0.2) is 0 Å². The zero-order valence-electron chi connectivity index (χ0n) is 62.8. The Morgan fingerprint density at radius 3 is 2.00 bits per heavy atom. The number of H-pyrrole nitrogens is 1. The third kappa shape index (κ3) is 20.6. The van der Waals surface area contributed by atoms with Gasteiger partial charge in [-0.3, -0.25) is 38.4 Å². The minimum atomic E-state index is -1.66. The summed E-state index contributed by atoms with van der Waals surface area (Å²) in [4.78, 5) is 116. The van der Waals surface area contributed by atoms with Crippen LogP contribution in [0.15, 0.2) is 115 Å². The van der Waals surface area contributed by atoms with E-state index < -0.39 is 175 Å². The smallest absolute Gasteiger partial charge is 0.310 e. The number of nitrogens with two attached hydrogens (primary N) is 2. The van der Waals surface area contributed by atoms with E-state index >= 15 is 0 Å². The Balaban J connectivity index is 0.000000252. The summed E-state index contributed by atoms with van der Waals surface area (Å²) in [6, 6.07) is 21.5. The molecule has 20 atom stereocenters. The SMILES string of the molecule is COc1cc([C@@H]2c3cc4c(cc3[C@@H](O[C@@H]3O[C@@H]5CO[C@@H](C)O[C@H]5[C@H](O)[C@H]3O)[C@H]3COC(=O)[C@H]23)OCO4)cc(OC)c1O.C[C@@H](O)[C@@H]1NC(=O)[C@H](CCCCN)NC(=O)[C@@H](Cc2c[nH]c3ccccc23)NC(=O)[C@H](Cc2ccccc2)NC(=O)[C@@H](NC(=O)[C@H](N)Cc2ccccc2)CSSC[C@@H](C(=O)N[C@H](CO)[C@@H](C)O)NC1=O. The molecular formula is C78H98N10O23S2. The molecular weight excluding hydrogens is 1510 g/mol. The first-order valence-corrected chi connectivity index (χ1v) is 39.8. The molecule has 1 aromatic heterocycles. The predicted octanol–water partition coefficient (Wildman–Crippen LogP) is 0.533. The van der Waals surface area contributed by atoms with Gasteiger partial charge in [-0.15, -0.1) is 0 Å². The number of unbranched alkanes of at least 4 members (excludes halogenated alkanes) is 1. The Labute approximate surface area is 659 Å². The summed E-state index contributed by atoms with van der Waals surface area (Å²) in [5.74, 6) is -7.03. The number of nitrogens with one attached hydrogen (secondary N) is 8. The highest BCUT2D eigenvalue weighted by molar-refractivity contribution is 8.76. The molecule has 6 aliphatic rings. The summed E-state index contributed by atoms with van der Waals surface area (Å²) in [5.41, 5.74) is 17.0. The van der Waals surface area contributed by atoms with Crippen LogP contribution in [0.4, 0.5) is 0 Å². The minimum Gasteiger partial charge on any atom is -0.502 e. The number of fused-ring (bicyclic) bond motifs is 5. The number of hydrogen-bond donors (Lipinski definition) is 16. The van der Waals surface area contributed by atoms with E-state index in [0.717, 1.165) is 38.1 Å². The second kappa shape index (κ2) is 39.1. The minimum absolute atomic E-state index is 0.0301. The number of phenols is 1. The van der Waals surface area contributed by atoms with Crippen molar-refractivity contribution in [1.29, 1.82) is 0 Å². The number of amides is 7. The van der Waals surface area contributed by atoms with Gasteiger partial charge in [-0.1, -0.05) is 100 Å². The molecule has 0 unspecified atom stereocenters. The van der Waals surface area contributed by atoms with Crippen molar-refractivity contribution in [1.82, 2.24) is 42.2 Å². The number of methoxy groups -OCH3 is 2. The number of aromatic nitrogens is 1. The Morgan fingerprint density at radius 2 is 1.34 bits per heavy atom. The second-order valence-electron chi connectivity index (χ2n) is 28.5. The molecule has 0 spiro atoms. The van der Waals surface area contributed by atoms with E-state index in [1.165, 1.54) is 28.1 Å². The van der Waals surface area contributed by atoms with Crippen LogP contribution in [0.25, 0.3) is 10.9 Å². The lowest BCUT2D eigenvalue weighted by atomic mass is 9.66. The van der Waals surface area contributed by atoms with Crippen LogP contribution in [0.2, 0.25) is 0 Å². The number of aromatic amines is 1. The van der Waals surface area contributed by atoms with Crippen molar-refractivity contribution in [3.63, 3.8) is 0 Å². The fraction of sp³-hybridized carbons (Fsp3) is 0.487. The lowest BCUT2D eigenvalue weighted by Crippen LogP contribution is -2.63. The molecule has 12 rings (SSSR count). The maximum absolute atomic E-state index is 14.7. The van der Waals surface area contributed by atoms with Crippen molar-refractivity contribution in [3.8, 4) is 28.7 Å². The number of cyclic esters (lactones) is 1. The van der Waals surface area contributed by atoms with Gasteiger partial charge < -0.3 is 127 Å². The lowest BCUT2D eigenvalue weighted by Gasteiger charge is -2.47. The quantitative estimate of drug-likeness (QED) is 0.0250. The van der Waals surface area contributed by atoms with Gasteiger partial charge in [0.2, 0.25) is 53.9 Å². The largest absolute Gasteiger partial charge is 0.502 e. The van der Waals surface area contributed by atoms with Gasteiger partial charge in [-0.2, -0.15) is 0 Å². The predicted molar refractivity (Wildman–Crippen MR) is 410 cm³/mol. The number of rotatable bonds is 22. The fourth-order valence-electron chi connectivity index (χ4n) is 14.5. The highest BCUT2D eigenvalue weighted by Crippen LogP contribution is 2.57. The van der Waals surface area contributed by atoms with Crippen LogP contribution >= 0.6 is 21.6 Å². The van der Waals surface area contributed by atoms with Gasteiger partial charge >= 0.3 is 5.97 Å². The van der Waals surface area contributed by atoms with Gasteiger partial charge in [0.25, 0.3) is 0 Å². The fourth-order valence-corrected chi connectivity index (χ4v) is 16.8. The first kappa shape index (κ1) is 84.6. The Bertz CT molecular complexity index is 4270. The number of esters is 1. The van der Waals surface area contributed by atoms with E-state index in [2.05, 4.69) is 42.2 Å². The third-order valence-corrected chi connectivity index (χ3v) is 23.0. The van der Waals surface area contributed by atoms with Crippen LogP contribution in [-0.4, -0.2) is 239 Å². The molecule has 18 N–H and O–H groups in total. The molecule has 7 amide bonds. The number of aliphatic hydroxyl groups is 5. The molecule has 0 saturated carbocycles. The zero-order chi connectivity index (χ0) is 80.7. The third-order valence-electron chi connectivity index (χ3n) is 20.6. The number of carbonyl (C=O) groups excluding carboxylic acids is 8. The van der Waals surface area contributed by atoms with Crippen LogP contribution < -0.4 is 67.6 Å². The standard InChI is InChI=1S/C49H66N10O10S2.C29H32O13/c1-28(61)39(25-60)56-48(68)41-27-71-70-26-40(57-43(63)34(51)21-30-13-5-3-6-14-30)47(67)54-37(22-31-15-7-4-8-16-31)45(65)55-38(23-32-24-52-35-18-10-9-17-33(32)35)46(66)53-36(19-11-12-20-50)44(64)59-42(29(2)62)49(69)58-41;1-11-36-9-20-27(40-11)24(31)25(32)29(41-20)42-26-14-7-17-16(38-10-39-17)6-13(14)21(22-15(26)8-37-28(22)33)12-4-18(34-2)23(30)19(5-12)35-3/h3-10,13-18,24,28-29,34,36-42,52,60-62H,11-12,19-23,25-27,50-51H2,1-2H3,(H,53,66)(H,54,67)(H,55,65)(H,56,68)(H,57,63)(H,58,69)(H,59,64);4-7,11,15,20-22,24-27,29-32H,8-10H2,1-3H3/t28-,29-,34-,36+,37+,38-,39-,40+,41+,42+;11-,15+,20-,21-,22+,24-,25-,26-,27-,29+/m11/s1. The molecule has 35 heteroatoms. The maximum Gasteiger partial charge on any atom is 0.310 e. The number of carbonyl (C=O) groups is 8. The van der Waals surface area contributed by atoms with E-state index in [-0.39, 0.29) is 81.0 Å². The average Bonchev–Trinajstić information content (AvgIpc) is 1.63. The summed E-state index contributed by atoms with van der Waals surface area (Å²) in [6.07, 6.45) is -6.95. The number of benzene rings is 5. The van der Waals surface area contributed by atoms with Gasteiger partial charge in [-0.05, 0) is 117 Å². The molecule has 113 heavy (non-hydrogen) atoms. The molecule has 6 aromatic rings. The number of phenolic OH excluding ortho intramolecular Hbond substituents is 1. The molecule has 610 valence electrons. The summed E-state index contributed by atoms with van der Waals surface area (Å²) in [7, 11) is 4.92.